The molecule has 1 saturated carbocycles. The predicted molar refractivity (Wildman–Crippen MR) is 153 cm³/mol. The SMILES string of the molecule is COC(=O)C(C)(C)Cc1ccccc1C[C@@H]1[C@H](c2nc(C(=O)NCCCCC3CCCCC3)co2)[C@H]2CC[C@@H]1O2. The number of carbonyl (C=O) groups excluding carboxylic acids is 2. The zero-order valence-electron chi connectivity index (χ0n) is 24.5. The van der Waals surface area contributed by atoms with E-state index in [1.54, 1.807) is 0 Å². The number of benzene rings is 1. The number of methoxy groups -OCH3 is 1. The molecule has 4 atom stereocenters. The van der Waals surface area contributed by atoms with Crippen LogP contribution < -0.4 is 5.32 Å². The Morgan fingerprint density at radius 2 is 1.77 bits per heavy atom. The molecule has 1 aromatic carbocycles. The number of oxazole rings is 1. The number of unbranched alkanes of at least 4 members (excludes halogenated alkanes) is 1. The summed E-state index contributed by atoms with van der Waals surface area (Å²) in [6.07, 6.45) is 15.5. The van der Waals surface area contributed by atoms with Crippen molar-refractivity contribution in [1.82, 2.24) is 10.3 Å². The lowest BCUT2D eigenvalue weighted by Crippen LogP contribution is -2.30. The van der Waals surface area contributed by atoms with Crippen LogP contribution >= 0.6 is 0 Å². The van der Waals surface area contributed by atoms with Crippen molar-refractivity contribution in [2.45, 2.75) is 109 Å². The molecule has 2 aromatic rings. The van der Waals surface area contributed by atoms with Crippen LogP contribution in [0.4, 0.5) is 0 Å². The summed E-state index contributed by atoms with van der Waals surface area (Å²) in [4.78, 5) is 29.9. The Kier molecular flexibility index (Phi) is 9.29. The van der Waals surface area contributed by atoms with Crippen LogP contribution in [-0.2, 0) is 27.1 Å². The highest BCUT2D eigenvalue weighted by molar-refractivity contribution is 5.91. The van der Waals surface area contributed by atoms with E-state index in [4.69, 9.17) is 13.9 Å². The van der Waals surface area contributed by atoms with E-state index < -0.39 is 5.41 Å². The van der Waals surface area contributed by atoms with Gasteiger partial charge in [-0.05, 0) is 63.0 Å². The summed E-state index contributed by atoms with van der Waals surface area (Å²) in [6.45, 7) is 4.52. The van der Waals surface area contributed by atoms with Gasteiger partial charge in [0, 0.05) is 12.5 Å². The first-order chi connectivity index (χ1) is 19.4. The van der Waals surface area contributed by atoms with E-state index in [9.17, 15) is 9.59 Å². The molecule has 3 fully saturated rings. The highest BCUT2D eigenvalue weighted by atomic mass is 16.5. The number of fused-ring (bicyclic) bond motifs is 2. The summed E-state index contributed by atoms with van der Waals surface area (Å²) >= 11 is 0. The molecule has 5 rings (SSSR count). The molecule has 40 heavy (non-hydrogen) atoms. The molecule has 7 heteroatoms. The first kappa shape index (κ1) is 28.8. The molecule has 218 valence electrons. The highest BCUT2D eigenvalue weighted by Gasteiger charge is 2.51. The Morgan fingerprint density at radius 1 is 1.02 bits per heavy atom. The van der Waals surface area contributed by atoms with Gasteiger partial charge < -0.3 is 19.2 Å². The van der Waals surface area contributed by atoms with Gasteiger partial charge in [0.05, 0.1) is 30.7 Å². The summed E-state index contributed by atoms with van der Waals surface area (Å²) in [5, 5.41) is 3.04. The zero-order chi connectivity index (χ0) is 28.1. The van der Waals surface area contributed by atoms with Gasteiger partial charge >= 0.3 is 5.97 Å². The van der Waals surface area contributed by atoms with Crippen molar-refractivity contribution in [2.24, 2.45) is 17.3 Å². The fourth-order valence-corrected chi connectivity index (χ4v) is 7.25. The van der Waals surface area contributed by atoms with Gasteiger partial charge in [-0.25, -0.2) is 4.98 Å². The average molecular weight is 551 g/mol. The van der Waals surface area contributed by atoms with Crippen molar-refractivity contribution in [3.05, 3.63) is 53.2 Å². The molecule has 2 aliphatic heterocycles. The van der Waals surface area contributed by atoms with E-state index in [0.29, 0.717) is 24.6 Å². The van der Waals surface area contributed by atoms with E-state index in [2.05, 4.69) is 28.5 Å². The Bertz CT molecular complexity index is 1150. The Morgan fingerprint density at radius 3 is 2.55 bits per heavy atom. The molecule has 2 bridgehead atoms. The maximum atomic E-state index is 12.8. The minimum Gasteiger partial charge on any atom is -0.469 e. The minimum atomic E-state index is -0.615. The van der Waals surface area contributed by atoms with E-state index >= 15 is 0 Å². The number of ether oxygens (including phenoxy) is 2. The fourth-order valence-electron chi connectivity index (χ4n) is 7.25. The third-order valence-corrected chi connectivity index (χ3v) is 9.46. The van der Waals surface area contributed by atoms with Gasteiger partial charge in [0.1, 0.15) is 6.26 Å². The smallest absolute Gasteiger partial charge is 0.311 e. The van der Waals surface area contributed by atoms with Gasteiger partial charge in [-0.1, -0.05) is 69.2 Å². The van der Waals surface area contributed by atoms with Crippen molar-refractivity contribution >= 4 is 11.9 Å². The van der Waals surface area contributed by atoms with Crippen LogP contribution in [0.25, 0.3) is 0 Å². The second kappa shape index (κ2) is 12.9. The standard InChI is InChI=1S/C33H46N2O5/c1-33(2,32(37)38-3)20-24-15-8-7-14-23(24)19-25-27-16-17-28(40-27)29(25)31-35-26(21-39-31)30(36)34-18-10-9-13-22-11-5-4-6-12-22/h7-8,14-15,21-22,25,27-29H,4-6,9-13,16-20H2,1-3H3,(H,34,36)/t25-,27-,28+,29-/m0/s1. The quantitative estimate of drug-likeness (QED) is 0.243. The zero-order valence-corrected chi connectivity index (χ0v) is 24.5. The molecule has 3 heterocycles. The normalized spacial score (nSPS) is 24.8. The minimum absolute atomic E-state index is 0.0115. The Labute approximate surface area is 238 Å². The summed E-state index contributed by atoms with van der Waals surface area (Å²) in [7, 11) is 1.44. The third-order valence-electron chi connectivity index (χ3n) is 9.46. The monoisotopic (exact) mass is 550 g/mol. The molecule has 1 N–H and O–H groups in total. The molecule has 0 unspecified atom stereocenters. The molecule has 1 amide bonds. The molecule has 0 radical (unpaired) electrons. The second-order valence-electron chi connectivity index (χ2n) is 12.8. The molecule has 3 aliphatic rings. The number of hydrogen-bond acceptors (Lipinski definition) is 6. The predicted octanol–water partition coefficient (Wildman–Crippen LogP) is 6.40. The van der Waals surface area contributed by atoms with Crippen LogP contribution in [-0.4, -0.2) is 42.7 Å². The van der Waals surface area contributed by atoms with Crippen LogP contribution in [0.1, 0.15) is 111 Å². The summed E-state index contributed by atoms with van der Waals surface area (Å²) in [6, 6.07) is 8.33. The second-order valence-corrected chi connectivity index (χ2v) is 12.8. The van der Waals surface area contributed by atoms with Gasteiger partial charge in [0.2, 0.25) is 5.89 Å². The van der Waals surface area contributed by atoms with Crippen LogP contribution in [0.3, 0.4) is 0 Å². The summed E-state index contributed by atoms with van der Waals surface area (Å²) < 4.78 is 17.3. The summed E-state index contributed by atoms with van der Waals surface area (Å²) in [5.41, 5.74) is 2.10. The number of hydrogen-bond donors (Lipinski definition) is 1. The summed E-state index contributed by atoms with van der Waals surface area (Å²) in [5.74, 6) is 1.33. The van der Waals surface area contributed by atoms with Gasteiger partial charge in [-0.3, -0.25) is 9.59 Å². The number of aromatic nitrogens is 1. The van der Waals surface area contributed by atoms with Crippen molar-refractivity contribution in [2.75, 3.05) is 13.7 Å². The molecule has 0 spiro atoms. The lowest BCUT2D eigenvalue weighted by atomic mass is 9.74. The average Bonchev–Trinajstić information content (AvgIpc) is 3.71. The number of esters is 1. The lowest BCUT2D eigenvalue weighted by molar-refractivity contribution is -0.150. The van der Waals surface area contributed by atoms with Crippen LogP contribution in [0.5, 0.6) is 0 Å². The van der Waals surface area contributed by atoms with E-state index in [1.807, 2.05) is 19.9 Å². The van der Waals surface area contributed by atoms with Crippen LogP contribution in [0.2, 0.25) is 0 Å². The van der Waals surface area contributed by atoms with Crippen molar-refractivity contribution in [3.63, 3.8) is 0 Å². The number of nitrogens with one attached hydrogen (secondary N) is 1. The van der Waals surface area contributed by atoms with Gasteiger partial charge in [-0.2, -0.15) is 0 Å². The number of carbonyl (C=O) groups is 2. The lowest BCUT2D eigenvalue weighted by Gasteiger charge is -2.28. The van der Waals surface area contributed by atoms with Crippen LogP contribution in [0, 0.1) is 17.3 Å². The third kappa shape index (κ3) is 6.62. The number of amides is 1. The van der Waals surface area contributed by atoms with Gasteiger partial charge in [-0.15, -0.1) is 0 Å². The Hall–Kier alpha value is -2.67. The van der Waals surface area contributed by atoms with Gasteiger partial charge in [0.15, 0.2) is 5.69 Å². The molecule has 2 saturated heterocycles. The first-order valence-corrected chi connectivity index (χ1v) is 15.4. The molecule has 7 nitrogen and oxygen atoms in total. The first-order valence-electron chi connectivity index (χ1n) is 15.4. The van der Waals surface area contributed by atoms with E-state index in [1.165, 1.54) is 57.5 Å². The maximum Gasteiger partial charge on any atom is 0.311 e. The fraction of sp³-hybridized carbons (Fsp3) is 0.667. The van der Waals surface area contributed by atoms with E-state index in [-0.39, 0.29) is 35.9 Å². The van der Waals surface area contributed by atoms with Gasteiger partial charge in [0.25, 0.3) is 5.91 Å². The molecule has 1 aromatic heterocycles. The molecular formula is C33H46N2O5. The maximum absolute atomic E-state index is 12.8. The number of nitrogens with zero attached hydrogens (tertiary/aromatic N) is 1. The van der Waals surface area contributed by atoms with E-state index in [0.717, 1.165) is 43.6 Å². The van der Waals surface area contributed by atoms with Crippen LogP contribution in [0.15, 0.2) is 34.9 Å². The molecule has 1 aliphatic carbocycles. The molecular weight excluding hydrogens is 504 g/mol. The highest BCUT2D eigenvalue weighted by Crippen LogP contribution is 2.50. The largest absolute Gasteiger partial charge is 0.469 e. The Balaban J connectivity index is 1.20. The van der Waals surface area contributed by atoms with Crippen molar-refractivity contribution < 1.29 is 23.5 Å². The van der Waals surface area contributed by atoms with Crippen molar-refractivity contribution in [3.8, 4) is 0 Å². The van der Waals surface area contributed by atoms with Crippen molar-refractivity contribution in [1.29, 1.82) is 0 Å². The topological polar surface area (TPSA) is 90.7 Å². The number of rotatable bonds is 12.